The van der Waals surface area contributed by atoms with E-state index in [1.54, 1.807) is 5.56 Å². The van der Waals surface area contributed by atoms with Gasteiger partial charge in [-0.3, -0.25) is 4.90 Å². The Hall–Kier alpha value is -0.510. The molecule has 0 amide bonds. The Bertz CT molecular complexity index is 419. The minimum Gasteiger partial charge on any atom is -0.328 e. The van der Waals surface area contributed by atoms with Crippen LogP contribution in [0.2, 0.25) is 0 Å². The third kappa shape index (κ3) is 2.31. The molecule has 0 radical (unpaired) electrons. The average molecular weight is 262 g/mol. The first-order chi connectivity index (χ1) is 8.75. The molecule has 18 heavy (non-hydrogen) atoms. The van der Waals surface area contributed by atoms with E-state index in [1.807, 2.05) is 11.8 Å². The van der Waals surface area contributed by atoms with Crippen LogP contribution in [0.5, 0.6) is 0 Å². The summed E-state index contributed by atoms with van der Waals surface area (Å²) in [5.74, 6) is 1.94. The van der Waals surface area contributed by atoms with Gasteiger partial charge in [-0.1, -0.05) is 18.2 Å². The fourth-order valence-corrected chi connectivity index (χ4v) is 4.34. The molecule has 3 unspecified atom stereocenters. The van der Waals surface area contributed by atoms with Gasteiger partial charge in [0.05, 0.1) is 0 Å². The van der Waals surface area contributed by atoms with Gasteiger partial charge in [0.1, 0.15) is 0 Å². The van der Waals surface area contributed by atoms with E-state index in [0.29, 0.717) is 18.0 Å². The minimum absolute atomic E-state index is 0.336. The SMILES string of the molecule is CC(N)C1CCN(C2CCSc3ccccc32)C1. The first kappa shape index (κ1) is 12.5. The molecule has 2 aliphatic rings. The second kappa shape index (κ2) is 5.24. The second-order valence-electron chi connectivity index (χ2n) is 5.59. The summed E-state index contributed by atoms with van der Waals surface area (Å²) < 4.78 is 0. The van der Waals surface area contributed by atoms with E-state index in [9.17, 15) is 0 Å². The Morgan fingerprint density at radius 2 is 2.17 bits per heavy atom. The molecular weight excluding hydrogens is 240 g/mol. The highest BCUT2D eigenvalue weighted by atomic mass is 32.2. The summed E-state index contributed by atoms with van der Waals surface area (Å²) in [4.78, 5) is 4.14. The highest BCUT2D eigenvalue weighted by Crippen LogP contribution is 2.41. The van der Waals surface area contributed by atoms with Crippen molar-refractivity contribution in [1.29, 1.82) is 0 Å². The molecule has 2 heterocycles. The van der Waals surface area contributed by atoms with Crippen molar-refractivity contribution in [3.8, 4) is 0 Å². The van der Waals surface area contributed by atoms with Gasteiger partial charge in [0.2, 0.25) is 0 Å². The van der Waals surface area contributed by atoms with Crippen molar-refractivity contribution in [3.63, 3.8) is 0 Å². The second-order valence-corrected chi connectivity index (χ2v) is 6.73. The van der Waals surface area contributed by atoms with E-state index in [1.165, 1.54) is 36.6 Å². The van der Waals surface area contributed by atoms with Crippen molar-refractivity contribution < 1.29 is 0 Å². The third-order valence-electron chi connectivity index (χ3n) is 4.37. The number of hydrogen-bond acceptors (Lipinski definition) is 3. The van der Waals surface area contributed by atoms with E-state index in [2.05, 4.69) is 36.1 Å². The number of thioether (sulfide) groups is 1. The van der Waals surface area contributed by atoms with Gasteiger partial charge in [-0.25, -0.2) is 0 Å². The Labute approximate surface area is 114 Å². The summed E-state index contributed by atoms with van der Waals surface area (Å²) in [7, 11) is 0. The molecule has 0 spiro atoms. The fourth-order valence-electron chi connectivity index (χ4n) is 3.23. The summed E-state index contributed by atoms with van der Waals surface area (Å²) in [6, 6.07) is 9.88. The van der Waals surface area contributed by atoms with Crippen LogP contribution in [0.3, 0.4) is 0 Å². The highest BCUT2D eigenvalue weighted by molar-refractivity contribution is 7.99. The Morgan fingerprint density at radius 1 is 1.33 bits per heavy atom. The van der Waals surface area contributed by atoms with Crippen molar-refractivity contribution in [1.82, 2.24) is 4.90 Å². The van der Waals surface area contributed by atoms with Crippen LogP contribution in [0.15, 0.2) is 29.2 Å². The van der Waals surface area contributed by atoms with Crippen LogP contribution in [-0.4, -0.2) is 29.8 Å². The molecule has 1 fully saturated rings. The molecule has 3 heteroatoms. The lowest BCUT2D eigenvalue weighted by atomic mass is 10.0. The van der Waals surface area contributed by atoms with Gasteiger partial charge >= 0.3 is 0 Å². The molecule has 1 saturated heterocycles. The molecule has 3 atom stereocenters. The van der Waals surface area contributed by atoms with Crippen LogP contribution in [0.4, 0.5) is 0 Å². The van der Waals surface area contributed by atoms with Crippen LogP contribution in [-0.2, 0) is 0 Å². The minimum atomic E-state index is 0.336. The summed E-state index contributed by atoms with van der Waals surface area (Å²) in [5.41, 5.74) is 7.59. The summed E-state index contributed by atoms with van der Waals surface area (Å²) in [6.45, 7) is 4.55. The molecule has 98 valence electrons. The quantitative estimate of drug-likeness (QED) is 0.888. The smallest absolute Gasteiger partial charge is 0.0367 e. The van der Waals surface area contributed by atoms with Crippen LogP contribution in [0.1, 0.15) is 31.4 Å². The predicted molar refractivity (Wildman–Crippen MR) is 77.9 cm³/mol. The predicted octanol–water partition coefficient (Wildman–Crippen LogP) is 2.89. The maximum atomic E-state index is 6.05. The summed E-state index contributed by atoms with van der Waals surface area (Å²) in [5, 5.41) is 0. The van der Waals surface area contributed by atoms with E-state index < -0.39 is 0 Å². The first-order valence-corrected chi connectivity index (χ1v) is 7.95. The molecule has 1 aromatic carbocycles. The van der Waals surface area contributed by atoms with Gasteiger partial charge in [-0.2, -0.15) is 0 Å². The number of nitrogens with zero attached hydrogens (tertiary/aromatic N) is 1. The number of hydrogen-bond donors (Lipinski definition) is 1. The molecule has 0 saturated carbocycles. The molecule has 3 rings (SSSR count). The van der Waals surface area contributed by atoms with E-state index in [-0.39, 0.29) is 0 Å². The van der Waals surface area contributed by atoms with Crippen molar-refractivity contribution in [2.45, 2.75) is 36.7 Å². The summed E-state index contributed by atoms with van der Waals surface area (Å²) in [6.07, 6.45) is 2.55. The lowest BCUT2D eigenvalue weighted by Gasteiger charge is -2.33. The van der Waals surface area contributed by atoms with Crippen molar-refractivity contribution in [3.05, 3.63) is 29.8 Å². The zero-order valence-electron chi connectivity index (χ0n) is 11.0. The van der Waals surface area contributed by atoms with Gasteiger partial charge in [-0.15, -0.1) is 11.8 Å². The van der Waals surface area contributed by atoms with Crippen LogP contribution >= 0.6 is 11.8 Å². The van der Waals surface area contributed by atoms with Crippen LogP contribution in [0, 0.1) is 5.92 Å². The van der Waals surface area contributed by atoms with Gasteiger partial charge < -0.3 is 5.73 Å². The van der Waals surface area contributed by atoms with Crippen molar-refractivity contribution in [2.75, 3.05) is 18.8 Å². The molecule has 0 bridgehead atoms. The lowest BCUT2D eigenvalue weighted by molar-refractivity contribution is 0.223. The van der Waals surface area contributed by atoms with E-state index >= 15 is 0 Å². The number of benzene rings is 1. The topological polar surface area (TPSA) is 29.3 Å². The molecule has 2 N–H and O–H groups in total. The first-order valence-electron chi connectivity index (χ1n) is 6.97. The van der Waals surface area contributed by atoms with Crippen LogP contribution < -0.4 is 5.73 Å². The maximum Gasteiger partial charge on any atom is 0.0367 e. The Kier molecular flexibility index (Phi) is 3.64. The zero-order valence-corrected chi connectivity index (χ0v) is 11.8. The standard InChI is InChI=1S/C15H22N2S/c1-11(16)12-6-8-17(10-12)14-7-9-18-15-5-3-2-4-13(14)15/h2-5,11-12,14H,6-10,16H2,1H3. The molecule has 1 aromatic rings. The lowest BCUT2D eigenvalue weighted by Crippen LogP contribution is -2.32. The number of nitrogens with two attached hydrogens (primary N) is 1. The van der Waals surface area contributed by atoms with Crippen LogP contribution in [0.25, 0.3) is 0 Å². The maximum absolute atomic E-state index is 6.05. The molecular formula is C15H22N2S. The van der Waals surface area contributed by atoms with Gasteiger partial charge in [0, 0.05) is 23.5 Å². The number of fused-ring (bicyclic) bond motifs is 1. The monoisotopic (exact) mass is 262 g/mol. The average Bonchev–Trinajstić information content (AvgIpc) is 2.87. The van der Waals surface area contributed by atoms with Gasteiger partial charge in [0.25, 0.3) is 0 Å². The van der Waals surface area contributed by atoms with E-state index in [0.717, 1.165) is 0 Å². The normalized spacial score (nSPS) is 30.1. The Morgan fingerprint density at radius 3 is 2.94 bits per heavy atom. The molecule has 2 nitrogen and oxygen atoms in total. The molecule has 0 aromatic heterocycles. The largest absolute Gasteiger partial charge is 0.328 e. The number of likely N-dealkylation sites (tertiary alicyclic amines) is 1. The van der Waals surface area contributed by atoms with Gasteiger partial charge in [0.15, 0.2) is 0 Å². The van der Waals surface area contributed by atoms with Crippen molar-refractivity contribution >= 4 is 11.8 Å². The van der Waals surface area contributed by atoms with Gasteiger partial charge in [-0.05, 0) is 49.6 Å². The Balaban J connectivity index is 1.79. The zero-order chi connectivity index (χ0) is 12.5. The summed E-state index contributed by atoms with van der Waals surface area (Å²) >= 11 is 2.01. The fraction of sp³-hybridized carbons (Fsp3) is 0.600. The van der Waals surface area contributed by atoms with E-state index in [4.69, 9.17) is 5.73 Å². The van der Waals surface area contributed by atoms with Crippen molar-refractivity contribution in [2.24, 2.45) is 11.7 Å². The third-order valence-corrected chi connectivity index (χ3v) is 5.49. The molecule has 2 aliphatic heterocycles. The highest BCUT2D eigenvalue weighted by Gasteiger charge is 2.32. The molecule has 0 aliphatic carbocycles. The number of rotatable bonds is 2.